The van der Waals surface area contributed by atoms with Crippen LogP contribution in [0.2, 0.25) is 0 Å². The smallest absolute Gasteiger partial charge is 0.344 e. The molecule has 0 aromatic heterocycles. The minimum Gasteiger partial charge on any atom is -0.482 e. The van der Waals surface area contributed by atoms with Crippen LogP contribution in [-0.4, -0.2) is 25.2 Å². The Bertz CT molecular complexity index is 691. The highest BCUT2D eigenvalue weighted by atomic mass is 16.6. The van der Waals surface area contributed by atoms with Crippen molar-refractivity contribution in [3.05, 3.63) is 65.7 Å². The third-order valence-corrected chi connectivity index (χ3v) is 5.18. The maximum Gasteiger partial charge on any atom is 0.344 e. The molecule has 27 heavy (non-hydrogen) atoms. The molecule has 4 nitrogen and oxygen atoms in total. The maximum atomic E-state index is 11.4. The quantitative estimate of drug-likeness (QED) is 0.701. The molecule has 144 valence electrons. The largest absolute Gasteiger partial charge is 0.482 e. The zero-order valence-electron chi connectivity index (χ0n) is 16.0. The van der Waals surface area contributed by atoms with E-state index in [0.717, 1.165) is 6.54 Å². The van der Waals surface area contributed by atoms with Crippen LogP contribution in [0.25, 0.3) is 0 Å². The highest BCUT2D eigenvalue weighted by Crippen LogP contribution is 2.33. The molecule has 1 fully saturated rings. The second-order valence-corrected chi connectivity index (χ2v) is 7.08. The van der Waals surface area contributed by atoms with Crippen molar-refractivity contribution in [1.29, 1.82) is 0 Å². The molecule has 1 aliphatic rings. The Hall–Kier alpha value is -2.33. The molecule has 0 aliphatic heterocycles. The molecule has 4 heteroatoms. The van der Waals surface area contributed by atoms with Crippen LogP contribution in [0.4, 0.5) is 0 Å². The van der Waals surface area contributed by atoms with E-state index in [2.05, 4.69) is 47.8 Å². The van der Waals surface area contributed by atoms with Gasteiger partial charge in [-0.3, -0.25) is 0 Å². The molecule has 0 spiro atoms. The molecule has 0 bridgehead atoms. The predicted molar refractivity (Wildman–Crippen MR) is 107 cm³/mol. The third-order valence-electron chi connectivity index (χ3n) is 5.18. The number of rotatable bonds is 8. The van der Waals surface area contributed by atoms with Gasteiger partial charge in [0.15, 0.2) is 6.61 Å². The molecule has 0 amide bonds. The number of ether oxygens (including phenoxy) is 2. The van der Waals surface area contributed by atoms with Crippen LogP contribution in [0.1, 0.15) is 49.7 Å². The molecule has 0 unspecified atom stereocenters. The van der Waals surface area contributed by atoms with E-state index < -0.39 is 0 Å². The van der Waals surface area contributed by atoms with Gasteiger partial charge >= 0.3 is 5.97 Å². The summed E-state index contributed by atoms with van der Waals surface area (Å²) in [7, 11) is 0. The summed E-state index contributed by atoms with van der Waals surface area (Å²) in [4.78, 5) is 11.4. The lowest BCUT2D eigenvalue weighted by Gasteiger charge is -2.29. The van der Waals surface area contributed by atoms with Crippen LogP contribution in [0.5, 0.6) is 5.75 Å². The van der Waals surface area contributed by atoms with Crippen LogP contribution >= 0.6 is 0 Å². The van der Waals surface area contributed by atoms with E-state index in [1.54, 1.807) is 6.92 Å². The van der Waals surface area contributed by atoms with Gasteiger partial charge in [0.2, 0.25) is 0 Å². The van der Waals surface area contributed by atoms with E-state index >= 15 is 0 Å². The summed E-state index contributed by atoms with van der Waals surface area (Å²) in [6.07, 6.45) is 4.82. The SMILES string of the molecule is CCOC(=O)COc1ccc(C2CCC(NCc3ccccc3)CC2)cc1. The number of benzene rings is 2. The lowest BCUT2D eigenvalue weighted by atomic mass is 9.81. The molecule has 1 aliphatic carbocycles. The predicted octanol–water partition coefficient (Wildman–Crippen LogP) is 4.44. The molecule has 1 saturated carbocycles. The van der Waals surface area contributed by atoms with E-state index in [-0.39, 0.29) is 12.6 Å². The van der Waals surface area contributed by atoms with Crippen molar-refractivity contribution in [3.63, 3.8) is 0 Å². The average Bonchev–Trinajstić information content (AvgIpc) is 2.73. The lowest BCUT2D eigenvalue weighted by molar-refractivity contribution is -0.145. The monoisotopic (exact) mass is 367 g/mol. The first kappa shape index (κ1) is 19.4. The fourth-order valence-corrected chi connectivity index (χ4v) is 3.67. The number of hydrogen-bond donors (Lipinski definition) is 1. The number of hydrogen-bond acceptors (Lipinski definition) is 4. The van der Waals surface area contributed by atoms with Crippen LogP contribution < -0.4 is 10.1 Å². The first-order valence-electron chi connectivity index (χ1n) is 9.90. The summed E-state index contributed by atoms with van der Waals surface area (Å²) in [5, 5.41) is 3.69. The standard InChI is InChI=1S/C23H29NO3/c1-2-26-23(25)17-27-22-14-10-20(11-15-22)19-8-12-21(13-9-19)24-16-18-6-4-3-5-7-18/h3-7,10-11,14-15,19,21,24H,2,8-9,12-13,16-17H2,1H3. The zero-order valence-corrected chi connectivity index (χ0v) is 16.0. The summed E-state index contributed by atoms with van der Waals surface area (Å²) < 4.78 is 10.3. The van der Waals surface area contributed by atoms with Gasteiger partial charge in [0.1, 0.15) is 5.75 Å². The summed E-state index contributed by atoms with van der Waals surface area (Å²) in [6, 6.07) is 19.3. The van der Waals surface area contributed by atoms with Crippen LogP contribution in [0, 0.1) is 0 Å². The minimum absolute atomic E-state index is 0.0363. The molecule has 0 radical (unpaired) electrons. The normalized spacial score (nSPS) is 19.4. The highest BCUT2D eigenvalue weighted by Gasteiger charge is 2.22. The molecule has 3 rings (SSSR count). The van der Waals surface area contributed by atoms with Gasteiger partial charge in [-0.25, -0.2) is 4.79 Å². The van der Waals surface area contributed by atoms with Crippen molar-refractivity contribution < 1.29 is 14.3 Å². The Morgan fingerprint density at radius 1 is 1.00 bits per heavy atom. The fraction of sp³-hybridized carbons (Fsp3) is 0.435. The van der Waals surface area contributed by atoms with Crippen LogP contribution in [0.15, 0.2) is 54.6 Å². The van der Waals surface area contributed by atoms with E-state index in [9.17, 15) is 4.79 Å². The molecule has 2 aromatic rings. The van der Waals surface area contributed by atoms with Gasteiger partial charge in [0, 0.05) is 12.6 Å². The van der Waals surface area contributed by atoms with Gasteiger partial charge in [0.25, 0.3) is 0 Å². The van der Waals surface area contributed by atoms with Crippen molar-refractivity contribution in [2.75, 3.05) is 13.2 Å². The van der Waals surface area contributed by atoms with Gasteiger partial charge in [-0.2, -0.15) is 0 Å². The average molecular weight is 367 g/mol. The second-order valence-electron chi connectivity index (χ2n) is 7.08. The van der Waals surface area contributed by atoms with E-state index in [1.807, 2.05) is 12.1 Å². The lowest BCUT2D eigenvalue weighted by Crippen LogP contribution is -2.32. The Morgan fingerprint density at radius 3 is 2.37 bits per heavy atom. The number of carbonyl (C=O) groups is 1. The maximum absolute atomic E-state index is 11.4. The molecule has 2 aromatic carbocycles. The summed E-state index contributed by atoms with van der Waals surface area (Å²) in [5.74, 6) is 0.992. The number of esters is 1. The Kier molecular flexibility index (Phi) is 7.28. The first-order chi connectivity index (χ1) is 13.2. The van der Waals surface area contributed by atoms with Gasteiger partial charge in [-0.15, -0.1) is 0 Å². The van der Waals surface area contributed by atoms with Crippen molar-refractivity contribution in [2.24, 2.45) is 0 Å². The Balaban J connectivity index is 1.42. The number of nitrogens with one attached hydrogen (secondary N) is 1. The zero-order chi connectivity index (χ0) is 18.9. The Labute approximate surface area is 161 Å². The number of carbonyl (C=O) groups excluding carboxylic acids is 1. The van der Waals surface area contributed by atoms with E-state index in [0.29, 0.717) is 24.3 Å². The van der Waals surface area contributed by atoms with Crippen molar-refractivity contribution in [2.45, 2.75) is 51.1 Å². The topological polar surface area (TPSA) is 47.6 Å². The summed E-state index contributed by atoms with van der Waals surface area (Å²) in [6.45, 7) is 3.08. The third kappa shape index (κ3) is 6.10. The highest BCUT2D eigenvalue weighted by molar-refractivity contribution is 5.71. The second kappa shape index (κ2) is 10.1. The van der Waals surface area contributed by atoms with Gasteiger partial charge < -0.3 is 14.8 Å². The van der Waals surface area contributed by atoms with Crippen molar-refractivity contribution >= 4 is 5.97 Å². The molecule has 0 atom stereocenters. The Morgan fingerprint density at radius 2 is 1.70 bits per heavy atom. The van der Waals surface area contributed by atoms with Crippen molar-refractivity contribution in [1.82, 2.24) is 5.32 Å². The van der Waals surface area contributed by atoms with E-state index in [4.69, 9.17) is 9.47 Å². The first-order valence-corrected chi connectivity index (χ1v) is 9.90. The minimum atomic E-state index is -0.331. The van der Waals surface area contributed by atoms with Gasteiger partial charge in [-0.1, -0.05) is 42.5 Å². The van der Waals surface area contributed by atoms with Gasteiger partial charge in [0.05, 0.1) is 6.61 Å². The van der Waals surface area contributed by atoms with Crippen molar-refractivity contribution in [3.8, 4) is 5.75 Å². The van der Waals surface area contributed by atoms with E-state index in [1.165, 1.54) is 36.8 Å². The van der Waals surface area contributed by atoms with Crippen LogP contribution in [0.3, 0.4) is 0 Å². The molecule has 0 saturated heterocycles. The molecular weight excluding hydrogens is 338 g/mol. The molecule has 0 heterocycles. The molecular formula is C23H29NO3. The molecule has 1 N–H and O–H groups in total. The van der Waals surface area contributed by atoms with Crippen LogP contribution in [-0.2, 0) is 16.1 Å². The van der Waals surface area contributed by atoms with Gasteiger partial charge in [-0.05, 0) is 61.8 Å². The summed E-state index contributed by atoms with van der Waals surface area (Å²) >= 11 is 0. The fourth-order valence-electron chi connectivity index (χ4n) is 3.67. The summed E-state index contributed by atoms with van der Waals surface area (Å²) in [5.41, 5.74) is 2.71.